The molecule has 1 amide bonds. The average Bonchev–Trinajstić information content (AvgIpc) is 2.46. The molecule has 0 radical (unpaired) electrons. The number of halogens is 3. The molecule has 2 rings (SSSR count). The fraction of sp³-hybridized carbons (Fsp3) is 0.133. The summed E-state index contributed by atoms with van der Waals surface area (Å²) in [6, 6.07) is 9.17. The summed E-state index contributed by atoms with van der Waals surface area (Å²) in [5.74, 6) is -0.944. The zero-order valence-corrected chi connectivity index (χ0v) is 12.7. The second-order valence-corrected chi connectivity index (χ2v) is 5.40. The largest absolute Gasteiger partial charge is 0.396 e. The number of rotatable bonds is 3. The van der Waals surface area contributed by atoms with Gasteiger partial charge in [0.2, 0.25) is 0 Å². The number of amides is 1. The SMILES string of the molecule is CN(Cc1cccc(Cl)c1Cl)C(=O)c1ccc(N)c(F)c1. The summed E-state index contributed by atoms with van der Waals surface area (Å²) in [7, 11) is 1.60. The molecule has 0 aliphatic heterocycles. The molecule has 110 valence electrons. The van der Waals surface area contributed by atoms with E-state index in [1.807, 2.05) is 0 Å². The van der Waals surface area contributed by atoms with Crippen molar-refractivity contribution in [2.24, 2.45) is 0 Å². The van der Waals surface area contributed by atoms with E-state index >= 15 is 0 Å². The van der Waals surface area contributed by atoms with Crippen molar-refractivity contribution in [3.63, 3.8) is 0 Å². The van der Waals surface area contributed by atoms with E-state index in [1.165, 1.54) is 17.0 Å². The van der Waals surface area contributed by atoms with Crippen LogP contribution in [0.2, 0.25) is 10.0 Å². The van der Waals surface area contributed by atoms with Gasteiger partial charge in [-0.25, -0.2) is 4.39 Å². The van der Waals surface area contributed by atoms with Crippen LogP contribution in [0.3, 0.4) is 0 Å². The number of carbonyl (C=O) groups excluding carboxylic acids is 1. The maximum Gasteiger partial charge on any atom is 0.254 e. The Bertz CT molecular complexity index is 691. The smallest absolute Gasteiger partial charge is 0.254 e. The molecular weight excluding hydrogens is 314 g/mol. The lowest BCUT2D eigenvalue weighted by molar-refractivity contribution is 0.0784. The zero-order valence-electron chi connectivity index (χ0n) is 11.2. The van der Waals surface area contributed by atoms with Gasteiger partial charge in [0.05, 0.1) is 15.7 Å². The second-order valence-electron chi connectivity index (χ2n) is 4.61. The lowest BCUT2D eigenvalue weighted by Gasteiger charge is -2.18. The van der Waals surface area contributed by atoms with Crippen molar-refractivity contribution in [2.45, 2.75) is 6.54 Å². The Hall–Kier alpha value is -1.78. The number of nitrogens with two attached hydrogens (primary N) is 1. The van der Waals surface area contributed by atoms with Crippen LogP contribution in [0.25, 0.3) is 0 Å². The predicted octanol–water partition coefficient (Wildman–Crippen LogP) is 3.99. The summed E-state index contributed by atoms with van der Waals surface area (Å²) >= 11 is 12.0. The van der Waals surface area contributed by atoms with Crippen LogP contribution in [0.15, 0.2) is 36.4 Å². The standard InChI is InChI=1S/C15H13Cl2FN2O/c1-20(8-10-3-2-4-11(16)14(10)17)15(21)9-5-6-13(19)12(18)7-9/h2-7H,8,19H2,1H3. The number of carbonyl (C=O) groups is 1. The number of benzene rings is 2. The average molecular weight is 327 g/mol. The highest BCUT2D eigenvalue weighted by Crippen LogP contribution is 2.26. The van der Waals surface area contributed by atoms with Gasteiger partial charge in [-0.3, -0.25) is 4.79 Å². The number of anilines is 1. The Balaban J connectivity index is 2.19. The van der Waals surface area contributed by atoms with E-state index in [0.717, 1.165) is 11.6 Å². The molecule has 0 saturated carbocycles. The summed E-state index contributed by atoms with van der Waals surface area (Å²) in [4.78, 5) is 13.7. The van der Waals surface area contributed by atoms with E-state index < -0.39 is 5.82 Å². The molecule has 3 nitrogen and oxygen atoms in total. The Kier molecular flexibility index (Phi) is 4.70. The minimum atomic E-state index is -0.616. The Labute approximate surface area is 132 Å². The molecule has 2 N–H and O–H groups in total. The number of nitrogens with zero attached hydrogens (tertiary/aromatic N) is 1. The Morgan fingerprint density at radius 2 is 2.00 bits per heavy atom. The minimum Gasteiger partial charge on any atom is -0.396 e. The molecular formula is C15H13Cl2FN2O. The van der Waals surface area contributed by atoms with E-state index in [2.05, 4.69) is 0 Å². The van der Waals surface area contributed by atoms with Gasteiger partial charge in [-0.05, 0) is 29.8 Å². The van der Waals surface area contributed by atoms with Crippen LogP contribution in [0.1, 0.15) is 15.9 Å². The van der Waals surface area contributed by atoms with Crippen molar-refractivity contribution < 1.29 is 9.18 Å². The van der Waals surface area contributed by atoms with Crippen LogP contribution in [0.5, 0.6) is 0 Å². The molecule has 6 heteroatoms. The van der Waals surface area contributed by atoms with Crippen LogP contribution in [0, 0.1) is 5.82 Å². The van der Waals surface area contributed by atoms with E-state index in [9.17, 15) is 9.18 Å². The van der Waals surface area contributed by atoms with Crippen LogP contribution >= 0.6 is 23.2 Å². The highest BCUT2D eigenvalue weighted by molar-refractivity contribution is 6.42. The van der Waals surface area contributed by atoms with Gasteiger partial charge >= 0.3 is 0 Å². The maximum absolute atomic E-state index is 13.4. The summed E-state index contributed by atoms with van der Waals surface area (Å²) in [5, 5.41) is 0.829. The van der Waals surface area contributed by atoms with E-state index in [-0.39, 0.29) is 23.7 Å². The van der Waals surface area contributed by atoms with Crippen molar-refractivity contribution >= 4 is 34.8 Å². The third-order valence-corrected chi connectivity index (χ3v) is 3.89. The first-order valence-electron chi connectivity index (χ1n) is 6.13. The van der Waals surface area contributed by atoms with Gasteiger partial charge in [-0.1, -0.05) is 35.3 Å². The third-order valence-electron chi connectivity index (χ3n) is 3.03. The molecule has 0 aliphatic rings. The van der Waals surface area contributed by atoms with Crippen molar-refractivity contribution in [3.8, 4) is 0 Å². The van der Waals surface area contributed by atoms with Gasteiger partial charge in [-0.15, -0.1) is 0 Å². The molecule has 0 atom stereocenters. The number of hydrogen-bond acceptors (Lipinski definition) is 2. The van der Waals surface area contributed by atoms with Crippen molar-refractivity contribution in [1.29, 1.82) is 0 Å². The molecule has 0 saturated heterocycles. The zero-order chi connectivity index (χ0) is 15.6. The van der Waals surface area contributed by atoms with Gasteiger partial charge in [-0.2, -0.15) is 0 Å². The minimum absolute atomic E-state index is 0.00656. The van der Waals surface area contributed by atoms with Gasteiger partial charge in [0.1, 0.15) is 5.82 Å². The normalized spacial score (nSPS) is 10.5. The number of nitrogen functional groups attached to an aromatic ring is 1. The molecule has 0 heterocycles. The van der Waals surface area contributed by atoms with Gasteiger partial charge < -0.3 is 10.6 Å². The molecule has 2 aromatic carbocycles. The van der Waals surface area contributed by atoms with Gasteiger partial charge in [0.25, 0.3) is 5.91 Å². The van der Waals surface area contributed by atoms with Crippen molar-refractivity contribution in [2.75, 3.05) is 12.8 Å². The van der Waals surface area contributed by atoms with Gasteiger partial charge in [0, 0.05) is 19.2 Å². The van der Waals surface area contributed by atoms with E-state index in [0.29, 0.717) is 10.0 Å². The van der Waals surface area contributed by atoms with E-state index in [1.54, 1.807) is 25.2 Å². The van der Waals surface area contributed by atoms with E-state index in [4.69, 9.17) is 28.9 Å². The lowest BCUT2D eigenvalue weighted by Crippen LogP contribution is -2.26. The van der Waals surface area contributed by atoms with Crippen LogP contribution in [0.4, 0.5) is 10.1 Å². The summed E-state index contributed by atoms with van der Waals surface area (Å²) in [6.07, 6.45) is 0. The van der Waals surface area contributed by atoms with Crippen LogP contribution < -0.4 is 5.73 Å². The third kappa shape index (κ3) is 3.46. The molecule has 0 unspecified atom stereocenters. The fourth-order valence-corrected chi connectivity index (χ4v) is 2.26. The first-order chi connectivity index (χ1) is 9.90. The highest BCUT2D eigenvalue weighted by atomic mass is 35.5. The Morgan fingerprint density at radius 3 is 2.67 bits per heavy atom. The van der Waals surface area contributed by atoms with Crippen LogP contribution in [-0.2, 0) is 6.54 Å². The molecule has 0 aliphatic carbocycles. The maximum atomic E-state index is 13.4. The highest BCUT2D eigenvalue weighted by Gasteiger charge is 2.15. The molecule has 21 heavy (non-hydrogen) atoms. The molecule has 0 spiro atoms. The second kappa shape index (κ2) is 6.33. The van der Waals surface area contributed by atoms with Crippen molar-refractivity contribution in [1.82, 2.24) is 4.90 Å². The fourth-order valence-electron chi connectivity index (χ4n) is 1.88. The van der Waals surface area contributed by atoms with Crippen molar-refractivity contribution in [3.05, 3.63) is 63.4 Å². The summed E-state index contributed by atoms with van der Waals surface area (Å²) in [5.41, 5.74) is 6.34. The Morgan fingerprint density at radius 1 is 1.29 bits per heavy atom. The van der Waals surface area contributed by atoms with Gasteiger partial charge in [0.15, 0.2) is 0 Å². The molecule has 2 aromatic rings. The first kappa shape index (κ1) is 15.6. The number of hydrogen-bond donors (Lipinski definition) is 1. The lowest BCUT2D eigenvalue weighted by atomic mass is 10.1. The molecule has 0 aromatic heterocycles. The topological polar surface area (TPSA) is 46.3 Å². The molecule has 0 bridgehead atoms. The summed E-state index contributed by atoms with van der Waals surface area (Å²) in [6.45, 7) is 0.268. The first-order valence-corrected chi connectivity index (χ1v) is 6.89. The monoisotopic (exact) mass is 326 g/mol. The molecule has 0 fully saturated rings. The van der Waals surface area contributed by atoms with Crippen LogP contribution in [-0.4, -0.2) is 17.9 Å². The quantitative estimate of drug-likeness (QED) is 0.867. The summed E-state index contributed by atoms with van der Waals surface area (Å²) < 4.78 is 13.4. The predicted molar refractivity (Wildman–Crippen MR) is 83.1 cm³/mol.